The van der Waals surface area contributed by atoms with E-state index in [9.17, 15) is 4.79 Å². The Hall–Kier alpha value is -1.94. The molecular weight excluding hydrogens is 250 g/mol. The molecule has 2 heterocycles. The summed E-state index contributed by atoms with van der Waals surface area (Å²) in [5, 5.41) is 1.07. The molecule has 4 heteroatoms. The average Bonchev–Trinajstić information content (AvgIpc) is 2.54. The van der Waals surface area contributed by atoms with E-state index < -0.39 is 0 Å². The van der Waals surface area contributed by atoms with Crippen molar-refractivity contribution in [2.45, 2.75) is 6.92 Å². The maximum Gasteiger partial charge on any atom is 0.272 e. The van der Waals surface area contributed by atoms with Crippen LogP contribution in [0.4, 0.5) is 0 Å². The van der Waals surface area contributed by atoms with Gasteiger partial charge in [0.1, 0.15) is 5.69 Å². The molecule has 1 amide bonds. The van der Waals surface area contributed by atoms with Gasteiger partial charge >= 0.3 is 0 Å². The van der Waals surface area contributed by atoms with Gasteiger partial charge in [0.2, 0.25) is 0 Å². The molecule has 1 aliphatic heterocycles. The van der Waals surface area contributed by atoms with E-state index in [2.05, 4.69) is 16.8 Å². The van der Waals surface area contributed by atoms with E-state index in [0.717, 1.165) is 43.6 Å². The molecule has 20 heavy (non-hydrogen) atoms. The standard InChI is InChI=1S/C16H19N3O/c1-2-18-9-11-19(12-10-18)16(20)15-8-7-13-5-3-4-6-14(13)17-15/h3-8H,2,9-12H2,1H3. The Morgan fingerprint density at radius 2 is 1.85 bits per heavy atom. The highest BCUT2D eigenvalue weighted by atomic mass is 16.2. The third-order valence-electron chi connectivity index (χ3n) is 3.92. The van der Waals surface area contributed by atoms with Crippen molar-refractivity contribution in [3.63, 3.8) is 0 Å². The molecule has 0 radical (unpaired) electrons. The summed E-state index contributed by atoms with van der Waals surface area (Å²) in [5.41, 5.74) is 1.43. The van der Waals surface area contributed by atoms with Gasteiger partial charge in [-0.25, -0.2) is 4.98 Å². The van der Waals surface area contributed by atoms with E-state index in [4.69, 9.17) is 0 Å². The fourth-order valence-corrected chi connectivity index (χ4v) is 2.61. The second kappa shape index (κ2) is 5.59. The van der Waals surface area contributed by atoms with E-state index >= 15 is 0 Å². The number of piperazine rings is 1. The van der Waals surface area contributed by atoms with Crippen molar-refractivity contribution in [3.8, 4) is 0 Å². The maximum absolute atomic E-state index is 12.5. The second-order valence-electron chi connectivity index (χ2n) is 5.12. The zero-order chi connectivity index (χ0) is 13.9. The van der Waals surface area contributed by atoms with Gasteiger partial charge in [-0.3, -0.25) is 4.79 Å². The molecule has 0 bridgehead atoms. The highest BCUT2D eigenvalue weighted by Crippen LogP contribution is 2.14. The first-order valence-electron chi connectivity index (χ1n) is 7.15. The number of likely N-dealkylation sites (N-methyl/N-ethyl adjacent to an activating group) is 1. The number of fused-ring (bicyclic) bond motifs is 1. The lowest BCUT2D eigenvalue weighted by Crippen LogP contribution is -2.48. The molecule has 0 unspecified atom stereocenters. The van der Waals surface area contributed by atoms with Gasteiger partial charge in [-0.05, 0) is 18.7 Å². The maximum atomic E-state index is 12.5. The molecule has 1 aromatic heterocycles. The number of amides is 1. The van der Waals surface area contributed by atoms with Crippen LogP contribution in [-0.4, -0.2) is 53.4 Å². The molecule has 1 aromatic carbocycles. The Kier molecular flexibility index (Phi) is 3.65. The quantitative estimate of drug-likeness (QED) is 0.837. The molecule has 3 rings (SSSR count). The number of hydrogen-bond donors (Lipinski definition) is 0. The molecule has 0 saturated carbocycles. The first-order chi connectivity index (χ1) is 9.78. The molecule has 1 aliphatic rings. The van der Waals surface area contributed by atoms with Crippen LogP contribution < -0.4 is 0 Å². The van der Waals surface area contributed by atoms with Crippen molar-refractivity contribution in [2.24, 2.45) is 0 Å². The van der Waals surface area contributed by atoms with Gasteiger partial charge in [0.05, 0.1) is 5.52 Å². The molecule has 0 spiro atoms. The Labute approximate surface area is 119 Å². The van der Waals surface area contributed by atoms with Gasteiger partial charge in [-0.1, -0.05) is 31.2 Å². The Bertz CT molecular complexity index is 618. The summed E-state index contributed by atoms with van der Waals surface area (Å²) in [7, 11) is 0. The van der Waals surface area contributed by atoms with Crippen LogP contribution in [0.25, 0.3) is 10.9 Å². The average molecular weight is 269 g/mol. The molecule has 104 valence electrons. The molecule has 1 fully saturated rings. The van der Waals surface area contributed by atoms with Crippen molar-refractivity contribution < 1.29 is 4.79 Å². The lowest BCUT2D eigenvalue weighted by molar-refractivity contribution is 0.0638. The Balaban J connectivity index is 1.79. The van der Waals surface area contributed by atoms with E-state index in [1.54, 1.807) is 0 Å². The molecule has 0 atom stereocenters. The minimum Gasteiger partial charge on any atom is -0.335 e. The number of carbonyl (C=O) groups is 1. The SMILES string of the molecule is CCN1CCN(C(=O)c2ccc3ccccc3n2)CC1. The number of para-hydroxylation sites is 1. The van der Waals surface area contributed by atoms with Gasteiger partial charge in [-0.2, -0.15) is 0 Å². The molecule has 0 N–H and O–H groups in total. The van der Waals surface area contributed by atoms with Crippen LogP contribution in [0.2, 0.25) is 0 Å². The number of hydrogen-bond acceptors (Lipinski definition) is 3. The fourth-order valence-electron chi connectivity index (χ4n) is 2.61. The molecule has 2 aromatic rings. The van der Waals surface area contributed by atoms with Gasteiger partial charge in [-0.15, -0.1) is 0 Å². The predicted molar refractivity (Wildman–Crippen MR) is 79.8 cm³/mol. The zero-order valence-corrected chi connectivity index (χ0v) is 11.7. The van der Waals surface area contributed by atoms with Gasteiger partial charge in [0, 0.05) is 31.6 Å². The van der Waals surface area contributed by atoms with Crippen molar-refractivity contribution >= 4 is 16.8 Å². The number of carbonyl (C=O) groups excluding carboxylic acids is 1. The highest BCUT2D eigenvalue weighted by molar-refractivity contribution is 5.95. The second-order valence-corrected chi connectivity index (χ2v) is 5.12. The lowest BCUT2D eigenvalue weighted by Gasteiger charge is -2.33. The summed E-state index contributed by atoms with van der Waals surface area (Å²) in [6.45, 7) is 6.70. The number of pyridine rings is 1. The smallest absolute Gasteiger partial charge is 0.272 e. The number of benzene rings is 1. The van der Waals surface area contributed by atoms with Crippen LogP contribution in [-0.2, 0) is 0 Å². The minimum absolute atomic E-state index is 0.0477. The van der Waals surface area contributed by atoms with E-state index in [1.165, 1.54) is 0 Å². The third-order valence-corrected chi connectivity index (χ3v) is 3.92. The van der Waals surface area contributed by atoms with Gasteiger partial charge in [0.25, 0.3) is 5.91 Å². The van der Waals surface area contributed by atoms with Crippen molar-refractivity contribution in [3.05, 3.63) is 42.1 Å². The first kappa shape index (κ1) is 13.1. The summed E-state index contributed by atoms with van der Waals surface area (Å²) in [5.74, 6) is 0.0477. The predicted octanol–water partition coefficient (Wildman–Crippen LogP) is 2.01. The highest BCUT2D eigenvalue weighted by Gasteiger charge is 2.22. The summed E-state index contributed by atoms with van der Waals surface area (Å²) in [4.78, 5) is 21.2. The van der Waals surface area contributed by atoms with Crippen molar-refractivity contribution in [1.82, 2.24) is 14.8 Å². The third kappa shape index (κ3) is 2.51. The topological polar surface area (TPSA) is 36.4 Å². The van der Waals surface area contributed by atoms with Crippen LogP contribution in [0, 0.1) is 0 Å². The van der Waals surface area contributed by atoms with Crippen molar-refractivity contribution in [2.75, 3.05) is 32.7 Å². The number of rotatable bonds is 2. The van der Waals surface area contributed by atoms with Gasteiger partial charge < -0.3 is 9.80 Å². The van der Waals surface area contributed by atoms with Crippen LogP contribution >= 0.6 is 0 Å². The normalized spacial score (nSPS) is 16.6. The zero-order valence-electron chi connectivity index (χ0n) is 11.7. The largest absolute Gasteiger partial charge is 0.335 e. The van der Waals surface area contributed by atoms with Crippen LogP contribution in [0.5, 0.6) is 0 Å². The molecule has 0 aliphatic carbocycles. The monoisotopic (exact) mass is 269 g/mol. The van der Waals surface area contributed by atoms with Gasteiger partial charge in [0.15, 0.2) is 0 Å². The van der Waals surface area contributed by atoms with Crippen LogP contribution in [0.15, 0.2) is 36.4 Å². The van der Waals surface area contributed by atoms with Crippen molar-refractivity contribution in [1.29, 1.82) is 0 Å². The Morgan fingerprint density at radius 1 is 1.10 bits per heavy atom. The lowest BCUT2D eigenvalue weighted by atomic mass is 10.2. The van der Waals surface area contributed by atoms with Crippen LogP contribution in [0.1, 0.15) is 17.4 Å². The summed E-state index contributed by atoms with van der Waals surface area (Å²) in [6.07, 6.45) is 0. The van der Waals surface area contributed by atoms with E-state index in [1.807, 2.05) is 41.3 Å². The Morgan fingerprint density at radius 3 is 2.60 bits per heavy atom. The summed E-state index contributed by atoms with van der Waals surface area (Å²) < 4.78 is 0. The molecule has 1 saturated heterocycles. The molecular formula is C16H19N3O. The van der Waals surface area contributed by atoms with E-state index in [0.29, 0.717) is 5.69 Å². The number of nitrogens with zero attached hydrogens (tertiary/aromatic N) is 3. The summed E-state index contributed by atoms with van der Waals surface area (Å²) >= 11 is 0. The van der Waals surface area contributed by atoms with E-state index in [-0.39, 0.29) is 5.91 Å². The first-order valence-corrected chi connectivity index (χ1v) is 7.15. The molecule has 4 nitrogen and oxygen atoms in total. The summed E-state index contributed by atoms with van der Waals surface area (Å²) in [6, 6.07) is 11.7. The van der Waals surface area contributed by atoms with Crippen LogP contribution in [0.3, 0.4) is 0 Å². The minimum atomic E-state index is 0.0477. The fraction of sp³-hybridized carbons (Fsp3) is 0.375. The number of aromatic nitrogens is 1.